The van der Waals surface area contributed by atoms with Crippen molar-refractivity contribution in [2.45, 2.75) is 52.9 Å². The highest BCUT2D eigenvalue weighted by atomic mass is 16.6. The van der Waals surface area contributed by atoms with E-state index in [2.05, 4.69) is 9.97 Å². The van der Waals surface area contributed by atoms with Crippen molar-refractivity contribution in [1.29, 1.82) is 0 Å². The van der Waals surface area contributed by atoms with Crippen molar-refractivity contribution in [3.05, 3.63) is 72.1 Å². The van der Waals surface area contributed by atoms with Crippen molar-refractivity contribution >= 4 is 17.9 Å². The topological polar surface area (TPSA) is 111 Å². The number of piperidine rings is 2. The molecule has 3 amide bonds. The number of aryl methyl sites for hydroxylation is 1. The maximum Gasteiger partial charge on any atom is 0.416 e. The first kappa shape index (κ1) is 30.0. The third-order valence-corrected chi connectivity index (χ3v) is 7.76. The van der Waals surface area contributed by atoms with Crippen LogP contribution in [0.4, 0.5) is 4.79 Å². The number of nitrogens with zero attached hydrogens (tertiary/aromatic N) is 4. The molecule has 0 radical (unpaired) electrons. The fourth-order valence-corrected chi connectivity index (χ4v) is 5.21. The summed E-state index contributed by atoms with van der Waals surface area (Å²) in [7, 11) is 0. The monoisotopic (exact) mass is 586 g/mol. The SMILES string of the molecule is Cc1ccc(Oc2ccc(OCC3CCN(C(=O)Oc4ccc(CCN5C(=O)CC(C)(C)CC5=O)cn4)CC3)cc2)nc1. The predicted octanol–water partition coefficient (Wildman–Crippen LogP) is 5.58. The quantitative estimate of drug-likeness (QED) is 0.299. The lowest BCUT2D eigenvalue weighted by molar-refractivity contribution is -0.152. The van der Waals surface area contributed by atoms with Crippen LogP contribution < -0.4 is 14.2 Å². The van der Waals surface area contributed by atoms with Gasteiger partial charge in [0.05, 0.1) is 6.61 Å². The lowest BCUT2D eigenvalue weighted by Crippen LogP contribution is -2.46. The number of carbonyl (C=O) groups excluding carboxylic acids is 3. The van der Waals surface area contributed by atoms with Gasteiger partial charge in [-0.15, -0.1) is 0 Å². The zero-order valence-electron chi connectivity index (χ0n) is 25.0. The van der Waals surface area contributed by atoms with Gasteiger partial charge in [0.2, 0.25) is 23.6 Å². The van der Waals surface area contributed by atoms with Gasteiger partial charge in [-0.2, -0.15) is 0 Å². The van der Waals surface area contributed by atoms with Gasteiger partial charge >= 0.3 is 6.09 Å². The molecule has 10 heteroatoms. The van der Waals surface area contributed by atoms with Crippen LogP contribution in [0.5, 0.6) is 23.3 Å². The van der Waals surface area contributed by atoms with Crippen molar-refractivity contribution < 1.29 is 28.6 Å². The smallest absolute Gasteiger partial charge is 0.416 e. The summed E-state index contributed by atoms with van der Waals surface area (Å²) < 4.78 is 17.3. The van der Waals surface area contributed by atoms with Crippen LogP contribution in [-0.4, -0.2) is 63.9 Å². The Morgan fingerprint density at radius 1 is 0.884 bits per heavy atom. The Hall–Kier alpha value is -4.47. The maximum atomic E-state index is 12.7. The lowest BCUT2D eigenvalue weighted by atomic mass is 9.81. The van der Waals surface area contributed by atoms with E-state index in [0.29, 0.717) is 63.1 Å². The van der Waals surface area contributed by atoms with Crippen molar-refractivity contribution in [3.8, 4) is 23.3 Å². The summed E-state index contributed by atoms with van der Waals surface area (Å²) in [5.41, 5.74) is 1.65. The average Bonchev–Trinajstić information content (AvgIpc) is 2.98. The number of amides is 3. The van der Waals surface area contributed by atoms with E-state index in [1.807, 2.05) is 57.2 Å². The van der Waals surface area contributed by atoms with Gasteiger partial charge < -0.3 is 19.1 Å². The number of pyridine rings is 2. The van der Waals surface area contributed by atoms with E-state index >= 15 is 0 Å². The number of ether oxygens (including phenoxy) is 3. The molecule has 2 aliphatic rings. The molecule has 1 aromatic carbocycles. The van der Waals surface area contributed by atoms with E-state index in [0.717, 1.165) is 29.7 Å². The second kappa shape index (κ2) is 13.2. The number of imide groups is 1. The molecule has 4 heterocycles. The Kier molecular flexibility index (Phi) is 9.23. The molecule has 0 saturated carbocycles. The molecule has 10 nitrogen and oxygen atoms in total. The summed E-state index contributed by atoms with van der Waals surface area (Å²) in [6.07, 6.45) is 5.82. The molecule has 226 valence electrons. The van der Waals surface area contributed by atoms with Crippen molar-refractivity contribution in [1.82, 2.24) is 19.8 Å². The standard InChI is InChI=1S/C33H38N4O6/c1-23-4-10-28(34-20-23)42-27-8-6-26(7-9-27)41-22-25-12-15-36(16-13-25)32(40)43-29-11-5-24(21-35-29)14-17-37-30(38)18-33(2,3)19-31(37)39/h4-11,20-21,25H,12-19,22H2,1-3H3. The third kappa shape index (κ3) is 8.30. The van der Waals surface area contributed by atoms with Gasteiger partial charge in [-0.1, -0.05) is 26.0 Å². The molecule has 0 N–H and O–H groups in total. The third-order valence-electron chi connectivity index (χ3n) is 7.76. The van der Waals surface area contributed by atoms with Gasteiger partial charge in [0, 0.05) is 57.0 Å². The van der Waals surface area contributed by atoms with Crippen molar-refractivity contribution in [2.75, 3.05) is 26.2 Å². The Morgan fingerprint density at radius 2 is 1.53 bits per heavy atom. The average molecular weight is 587 g/mol. The summed E-state index contributed by atoms with van der Waals surface area (Å²) in [5, 5.41) is 0. The van der Waals surface area contributed by atoms with E-state index in [1.165, 1.54) is 4.90 Å². The summed E-state index contributed by atoms with van der Waals surface area (Å²) in [6.45, 7) is 7.89. The summed E-state index contributed by atoms with van der Waals surface area (Å²) in [6, 6.07) is 14.7. The fraction of sp³-hybridized carbons (Fsp3) is 0.424. The van der Waals surface area contributed by atoms with Crippen LogP contribution in [0.25, 0.3) is 0 Å². The number of hydrogen-bond acceptors (Lipinski definition) is 8. The molecule has 43 heavy (non-hydrogen) atoms. The molecule has 2 fully saturated rings. The molecule has 0 bridgehead atoms. The molecular formula is C33H38N4O6. The van der Waals surface area contributed by atoms with Gasteiger partial charge in [0.15, 0.2) is 0 Å². The second-order valence-electron chi connectivity index (χ2n) is 12.1. The van der Waals surface area contributed by atoms with Crippen LogP contribution in [0.3, 0.4) is 0 Å². The Bertz CT molecular complexity index is 1400. The highest BCUT2D eigenvalue weighted by Gasteiger charge is 2.37. The molecular weight excluding hydrogens is 548 g/mol. The van der Waals surface area contributed by atoms with Crippen LogP contribution in [-0.2, 0) is 16.0 Å². The number of carbonyl (C=O) groups is 3. The van der Waals surface area contributed by atoms with E-state index in [9.17, 15) is 14.4 Å². The van der Waals surface area contributed by atoms with Crippen LogP contribution in [0, 0.1) is 18.3 Å². The zero-order chi connectivity index (χ0) is 30.4. The molecule has 2 aliphatic heterocycles. The maximum absolute atomic E-state index is 12.7. The first-order valence-electron chi connectivity index (χ1n) is 14.7. The minimum absolute atomic E-state index is 0.133. The second-order valence-corrected chi connectivity index (χ2v) is 12.1. The minimum Gasteiger partial charge on any atom is -0.493 e. The van der Waals surface area contributed by atoms with Crippen molar-refractivity contribution in [2.24, 2.45) is 11.3 Å². The number of benzene rings is 1. The highest BCUT2D eigenvalue weighted by Crippen LogP contribution is 2.31. The molecule has 0 atom stereocenters. The number of likely N-dealkylation sites (tertiary alicyclic amines) is 2. The van der Waals surface area contributed by atoms with Gasteiger partial charge in [-0.05, 0) is 72.9 Å². The number of hydrogen-bond donors (Lipinski definition) is 0. The molecule has 2 aromatic heterocycles. The minimum atomic E-state index is -0.426. The summed E-state index contributed by atoms with van der Waals surface area (Å²) >= 11 is 0. The molecule has 5 rings (SSSR count). The van der Waals surface area contributed by atoms with Crippen LogP contribution in [0.2, 0.25) is 0 Å². The first-order chi connectivity index (χ1) is 20.6. The molecule has 0 aliphatic carbocycles. The Balaban J connectivity index is 1.01. The van der Waals surface area contributed by atoms with Crippen LogP contribution in [0.1, 0.15) is 50.7 Å². The lowest BCUT2D eigenvalue weighted by Gasteiger charge is -2.34. The summed E-state index contributed by atoms with van der Waals surface area (Å²) in [5.74, 6) is 2.28. The van der Waals surface area contributed by atoms with Crippen LogP contribution in [0.15, 0.2) is 60.9 Å². The van der Waals surface area contributed by atoms with Gasteiger partial charge in [-0.3, -0.25) is 14.5 Å². The zero-order valence-corrected chi connectivity index (χ0v) is 25.0. The van der Waals surface area contributed by atoms with E-state index in [1.54, 1.807) is 29.4 Å². The Morgan fingerprint density at radius 3 is 2.16 bits per heavy atom. The molecule has 3 aromatic rings. The van der Waals surface area contributed by atoms with Gasteiger partial charge in [0.1, 0.15) is 11.5 Å². The highest BCUT2D eigenvalue weighted by molar-refractivity contribution is 5.98. The van der Waals surface area contributed by atoms with Gasteiger partial charge in [-0.25, -0.2) is 14.8 Å². The van der Waals surface area contributed by atoms with Gasteiger partial charge in [0.25, 0.3) is 0 Å². The van der Waals surface area contributed by atoms with E-state index in [4.69, 9.17) is 14.2 Å². The largest absolute Gasteiger partial charge is 0.493 e. The normalized spacial score (nSPS) is 17.1. The molecule has 0 unspecified atom stereocenters. The molecule has 2 saturated heterocycles. The molecule has 0 spiro atoms. The van der Waals surface area contributed by atoms with E-state index < -0.39 is 6.09 Å². The predicted molar refractivity (Wildman–Crippen MR) is 159 cm³/mol. The number of rotatable bonds is 9. The van der Waals surface area contributed by atoms with Crippen molar-refractivity contribution in [3.63, 3.8) is 0 Å². The fourth-order valence-electron chi connectivity index (χ4n) is 5.21. The first-order valence-corrected chi connectivity index (χ1v) is 14.7. The number of aromatic nitrogens is 2. The van der Waals surface area contributed by atoms with Crippen LogP contribution >= 0.6 is 0 Å². The Labute approximate surface area is 252 Å². The summed E-state index contributed by atoms with van der Waals surface area (Å²) in [4.78, 5) is 49.0. The van der Waals surface area contributed by atoms with E-state index in [-0.39, 0.29) is 23.1 Å².